The Morgan fingerprint density at radius 2 is 0.976 bits per heavy atom. The van der Waals surface area contributed by atoms with Crippen molar-refractivity contribution in [3.8, 4) is 22.3 Å². The maximum absolute atomic E-state index is 9.25. The second-order valence-electron chi connectivity index (χ2n) is 10.3. The molecule has 0 atom stereocenters. The van der Waals surface area contributed by atoms with E-state index in [1.54, 1.807) is 6.07 Å². The fraction of sp³-hybridized carbons (Fsp3) is 0. The first-order valence-corrected chi connectivity index (χ1v) is 13.4. The number of fused-ring (bicyclic) bond motifs is 8. The van der Waals surface area contributed by atoms with E-state index in [1.165, 1.54) is 0 Å². The minimum Gasteiger partial charge on any atom is -0.455 e. The zero-order chi connectivity index (χ0) is 33.9. The van der Waals surface area contributed by atoms with Gasteiger partial charge in [-0.05, 0) is 84.2 Å². The summed E-state index contributed by atoms with van der Waals surface area (Å²) in [6.45, 7) is 0. The average Bonchev–Trinajstić information content (AvgIpc) is 3.51. The van der Waals surface area contributed by atoms with Crippen molar-refractivity contribution in [2.45, 2.75) is 0 Å². The minimum atomic E-state index is -0.426. The van der Waals surface area contributed by atoms with Gasteiger partial charge in [0.1, 0.15) is 11.2 Å². The minimum absolute atomic E-state index is 0.185. The summed E-state index contributed by atoms with van der Waals surface area (Å²) in [6, 6.07) is 28.0. The lowest BCUT2D eigenvalue weighted by Crippen LogP contribution is -1.91. The van der Waals surface area contributed by atoms with Crippen molar-refractivity contribution in [3.63, 3.8) is 0 Å². The van der Waals surface area contributed by atoms with E-state index in [0.29, 0.717) is 27.8 Å². The molecule has 1 nitrogen and oxygen atoms in total. The Hall–Kier alpha value is -5.40. The molecule has 0 saturated carbocycles. The lowest BCUT2D eigenvalue weighted by Gasteiger charge is -2.18. The second-order valence-corrected chi connectivity index (χ2v) is 10.3. The quantitative estimate of drug-likeness (QED) is 0.203. The molecule has 0 bridgehead atoms. The summed E-state index contributed by atoms with van der Waals surface area (Å²) in [5, 5.41) is 6.23. The Bertz CT molecular complexity index is 2850. The van der Waals surface area contributed by atoms with Crippen LogP contribution in [0.15, 0.2) is 150 Å². The highest BCUT2D eigenvalue weighted by Gasteiger charge is 2.18. The van der Waals surface area contributed by atoms with Gasteiger partial charge in [0.15, 0.2) is 0 Å². The lowest BCUT2D eigenvalue weighted by atomic mass is 9.85. The van der Waals surface area contributed by atoms with Crippen LogP contribution in [0.3, 0.4) is 0 Å². The Kier molecular flexibility index (Phi) is 3.34. The predicted octanol–water partition coefficient (Wildman–Crippen LogP) is 11.5. The van der Waals surface area contributed by atoms with Crippen LogP contribution in [0.25, 0.3) is 87.3 Å². The molecule has 0 spiro atoms. The SMILES string of the molecule is [2H]c1c([2H])c([2H])c2c(-c3ccc4oc5c6ccccc6ccc5c4c3)c3c([2H])c([2H])c([2H])c([2H])c3c(-c3ccc4ccccc4c3)c2c1[2H]. The first-order valence-electron chi connectivity index (χ1n) is 17.4. The fourth-order valence-electron chi connectivity index (χ4n) is 6.21. The summed E-state index contributed by atoms with van der Waals surface area (Å²) in [5.74, 6) is 0. The fourth-order valence-corrected chi connectivity index (χ4v) is 6.21. The largest absolute Gasteiger partial charge is 0.455 e. The van der Waals surface area contributed by atoms with Gasteiger partial charge < -0.3 is 4.42 Å². The van der Waals surface area contributed by atoms with Crippen LogP contribution in [0.2, 0.25) is 0 Å². The van der Waals surface area contributed by atoms with E-state index in [9.17, 15) is 5.48 Å². The molecule has 9 rings (SSSR count). The van der Waals surface area contributed by atoms with Crippen molar-refractivity contribution in [1.82, 2.24) is 0 Å². The Morgan fingerprint density at radius 1 is 0.415 bits per heavy atom. The first kappa shape index (κ1) is 16.0. The number of benzene rings is 8. The standard InChI is InChI=1S/C40H24O/c1-2-11-27-23-28(18-17-25(27)9-1)38-31-13-5-7-15-33(31)39(34-16-8-6-14-32(34)38)29-20-22-37-36(24-29)35-21-19-26-10-3-4-12-30(26)40(35)41-37/h1-24H/i5D,6D,7D,8D,13D,14D,15D,16D. The molecule has 0 fully saturated rings. The molecule has 1 heteroatoms. The highest BCUT2D eigenvalue weighted by Crippen LogP contribution is 2.45. The molecule has 0 radical (unpaired) electrons. The van der Waals surface area contributed by atoms with Gasteiger partial charge in [-0.25, -0.2) is 0 Å². The van der Waals surface area contributed by atoms with Crippen LogP contribution < -0.4 is 0 Å². The third kappa shape index (κ3) is 3.30. The summed E-state index contributed by atoms with van der Waals surface area (Å²) in [5.41, 5.74) is 3.11. The van der Waals surface area contributed by atoms with Crippen molar-refractivity contribution in [1.29, 1.82) is 0 Å². The maximum atomic E-state index is 9.25. The van der Waals surface area contributed by atoms with Gasteiger partial charge in [-0.2, -0.15) is 0 Å². The molecule has 8 aromatic carbocycles. The number of hydrogen-bond donors (Lipinski definition) is 0. The molecule has 9 aromatic rings. The first-order chi connectivity index (χ1) is 23.7. The third-order valence-corrected chi connectivity index (χ3v) is 8.06. The Balaban J connectivity index is 1.51. The van der Waals surface area contributed by atoms with Crippen molar-refractivity contribution < 1.29 is 15.4 Å². The van der Waals surface area contributed by atoms with E-state index in [-0.39, 0.29) is 45.7 Å². The van der Waals surface area contributed by atoms with E-state index in [0.717, 1.165) is 37.9 Å². The number of rotatable bonds is 2. The monoisotopic (exact) mass is 528 g/mol. The highest BCUT2D eigenvalue weighted by atomic mass is 16.3. The van der Waals surface area contributed by atoms with Crippen LogP contribution in [0.1, 0.15) is 11.0 Å². The van der Waals surface area contributed by atoms with Crippen LogP contribution in [0.4, 0.5) is 0 Å². The van der Waals surface area contributed by atoms with Gasteiger partial charge in [-0.1, -0.05) is 121 Å². The molecule has 0 aliphatic carbocycles. The Labute approximate surface area is 248 Å². The lowest BCUT2D eigenvalue weighted by molar-refractivity contribution is 0.672. The molecule has 0 amide bonds. The van der Waals surface area contributed by atoms with Gasteiger partial charge in [-0.15, -0.1) is 0 Å². The van der Waals surface area contributed by atoms with Gasteiger partial charge in [0.25, 0.3) is 0 Å². The molecular formula is C40H24O. The van der Waals surface area contributed by atoms with Gasteiger partial charge in [0.2, 0.25) is 0 Å². The maximum Gasteiger partial charge on any atom is 0.143 e. The van der Waals surface area contributed by atoms with Crippen LogP contribution in [-0.4, -0.2) is 0 Å². The molecular weight excluding hydrogens is 496 g/mol. The smallest absolute Gasteiger partial charge is 0.143 e. The van der Waals surface area contributed by atoms with Crippen molar-refractivity contribution in [3.05, 3.63) is 145 Å². The molecule has 0 N–H and O–H groups in total. The van der Waals surface area contributed by atoms with E-state index in [1.807, 2.05) is 91.0 Å². The van der Waals surface area contributed by atoms with Crippen LogP contribution >= 0.6 is 0 Å². The second kappa shape index (κ2) is 8.55. The van der Waals surface area contributed by atoms with Gasteiger partial charge in [0.05, 0.1) is 11.0 Å². The van der Waals surface area contributed by atoms with Gasteiger partial charge in [-0.3, -0.25) is 0 Å². The third-order valence-electron chi connectivity index (χ3n) is 8.06. The van der Waals surface area contributed by atoms with E-state index < -0.39 is 24.2 Å². The number of furan rings is 1. The van der Waals surface area contributed by atoms with Crippen molar-refractivity contribution >= 4 is 65.0 Å². The molecule has 1 heterocycles. The summed E-state index contributed by atoms with van der Waals surface area (Å²) in [4.78, 5) is 0. The molecule has 0 aliphatic heterocycles. The summed E-state index contributed by atoms with van der Waals surface area (Å²) in [6.07, 6.45) is 0. The van der Waals surface area contributed by atoms with E-state index in [4.69, 9.17) is 9.90 Å². The molecule has 190 valence electrons. The highest BCUT2D eigenvalue weighted by molar-refractivity contribution is 6.23. The van der Waals surface area contributed by atoms with E-state index >= 15 is 0 Å². The van der Waals surface area contributed by atoms with E-state index in [2.05, 4.69) is 0 Å². The molecule has 0 saturated heterocycles. The Morgan fingerprint density at radius 3 is 1.68 bits per heavy atom. The van der Waals surface area contributed by atoms with Gasteiger partial charge >= 0.3 is 0 Å². The topological polar surface area (TPSA) is 13.1 Å². The molecule has 1 aromatic heterocycles. The van der Waals surface area contributed by atoms with Crippen LogP contribution in [-0.2, 0) is 0 Å². The summed E-state index contributed by atoms with van der Waals surface area (Å²) >= 11 is 0. The number of hydrogen-bond acceptors (Lipinski definition) is 1. The molecule has 41 heavy (non-hydrogen) atoms. The van der Waals surface area contributed by atoms with Crippen LogP contribution in [0, 0.1) is 0 Å². The van der Waals surface area contributed by atoms with Crippen LogP contribution in [0.5, 0.6) is 0 Å². The predicted molar refractivity (Wildman–Crippen MR) is 175 cm³/mol. The summed E-state index contributed by atoms with van der Waals surface area (Å²) < 4.78 is 78.2. The average molecular weight is 529 g/mol. The molecule has 0 unspecified atom stereocenters. The molecule has 0 aliphatic rings. The van der Waals surface area contributed by atoms with Crippen molar-refractivity contribution in [2.75, 3.05) is 0 Å². The van der Waals surface area contributed by atoms with Gasteiger partial charge in [0, 0.05) is 16.2 Å². The van der Waals surface area contributed by atoms with Crippen molar-refractivity contribution in [2.24, 2.45) is 0 Å². The zero-order valence-corrected chi connectivity index (χ0v) is 21.6. The summed E-state index contributed by atoms with van der Waals surface area (Å²) in [7, 11) is 0. The zero-order valence-electron chi connectivity index (χ0n) is 29.6. The normalized spacial score (nSPS) is 14.6.